The molecule has 2 heterocycles. The Morgan fingerprint density at radius 2 is 2.00 bits per heavy atom. The molecule has 0 bridgehead atoms. The second-order valence-corrected chi connectivity index (χ2v) is 5.95. The highest BCUT2D eigenvalue weighted by Gasteiger charge is 2.28. The van der Waals surface area contributed by atoms with Gasteiger partial charge in [0.15, 0.2) is 0 Å². The standard InChI is InChI=1S/C18H26N4O/c1-5-18(6-2,12-19)21-17(23)15-11-13(3)22(14(15)4)16-9-7-8-10-20-16/h7-11H,5-6,12,19H2,1-4H3,(H,21,23). The molecule has 0 spiro atoms. The number of nitrogens with one attached hydrogen (secondary N) is 1. The maximum atomic E-state index is 12.8. The van der Waals surface area contributed by atoms with E-state index in [0.717, 1.165) is 30.0 Å². The van der Waals surface area contributed by atoms with Crippen molar-refractivity contribution < 1.29 is 4.79 Å². The van der Waals surface area contributed by atoms with Crippen molar-refractivity contribution in [1.82, 2.24) is 14.9 Å². The third-order valence-electron chi connectivity index (χ3n) is 4.68. The fourth-order valence-corrected chi connectivity index (χ4v) is 2.91. The molecule has 1 amide bonds. The van der Waals surface area contributed by atoms with Gasteiger partial charge in [0.05, 0.1) is 11.1 Å². The summed E-state index contributed by atoms with van der Waals surface area (Å²) in [5.74, 6) is 0.743. The van der Waals surface area contributed by atoms with Gasteiger partial charge in [0.2, 0.25) is 0 Å². The van der Waals surface area contributed by atoms with Gasteiger partial charge in [-0.25, -0.2) is 4.98 Å². The SMILES string of the molecule is CCC(CC)(CN)NC(=O)c1cc(C)n(-c2ccccn2)c1C. The van der Waals surface area contributed by atoms with Gasteiger partial charge in [-0.2, -0.15) is 0 Å². The van der Waals surface area contributed by atoms with Crippen LogP contribution in [-0.4, -0.2) is 27.5 Å². The Hall–Kier alpha value is -2.14. The summed E-state index contributed by atoms with van der Waals surface area (Å²) in [5.41, 5.74) is 8.09. The third kappa shape index (κ3) is 3.29. The zero-order chi connectivity index (χ0) is 17.0. The summed E-state index contributed by atoms with van der Waals surface area (Å²) < 4.78 is 2.00. The van der Waals surface area contributed by atoms with E-state index in [9.17, 15) is 4.79 Å². The first-order valence-corrected chi connectivity index (χ1v) is 8.11. The monoisotopic (exact) mass is 314 g/mol. The molecule has 0 aromatic carbocycles. The zero-order valence-electron chi connectivity index (χ0n) is 14.4. The normalized spacial score (nSPS) is 11.5. The number of hydrogen-bond acceptors (Lipinski definition) is 3. The number of carbonyl (C=O) groups excluding carboxylic acids is 1. The van der Waals surface area contributed by atoms with E-state index < -0.39 is 0 Å². The highest BCUT2D eigenvalue weighted by Crippen LogP contribution is 2.21. The van der Waals surface area contributed by atoms with E-state index in [2.05, 4.69) is 10.3 Å². The topological polar surface area (TPSA) is 72.9 Å². The summed E-state index contributed by atoms with van der Waals surface area (Å²) in [6.45, 7) is 8.46. The zero-order valence-corrected chi connectivity index (χ0v) is 14.4. The second-order valence-electron chi connectivity index (χ2n) is 5.95. The van der Waals surface area contributed by atoms with Crippen molar-refractivity contribution in [3.05, 3.63) is 47.4 Å². The second kappa shape index (κ2) is 6.96. The van der Waals surface area contributed by atoms with Gasteiger partial charge in [0, 0.05) is 24.1 Å². The predicted molar refractivity (Wildman–Crippen MR) is 92.9 cm³/mol. The van der Waals surface area contributed by atoms with Crippen molar-refractivity contribution in [2.45, 2.75) is 46.1 Å². The average Bonchev–Trinajstić information content (AvgIpc) is 2.88. The summed E-state index contributed by atoms with van der Waals surface area (Å²) in [5, 5.41) is 3.13. The van der Waals surface area contributed by atoms with Crippen LogP contribution in [0.3, 0.4) is 0 Å². The van der Waals surface area contributed by atoms with Gasteiger partial charge in [-0.3, -0.25) is 4.79 Å². The van der Waals surface area contributed by atoms with Crippen LogP contribution >= 0.6 is 0 Å². The Morgan fingerprint density at radius 3 is 2.52 bits per heavy atom. The smallest absolute Gasteiger partial charge is 0.253 e. The molecule has 124 valence electrons. The number of aryl methyl sites for hydroxylation is 1. The van der Waals surface area contributed by atoms with Crippen LogP contribution in [0, 0.1) is 13.8 Å². The van der Waals surface area contributed by atoms with Gasteiger partial charge in [-0.15, -0.1) is 0 Å². The quantitative estimate of drug-likeness (QED) is 0.861. The van der Waals surface area contributed by atoms with Crippen molar-refractivity contribution in [2.24, 2.45) is 5.73 Å². The fraction of sp³-hybridized carbons (Fsp3) is 0.444. The van der Waals surface area contributed by atoms with Gasteiger partial charge >= 0.3 is 0 Å². The molecule has 0 radical (unpaired) electrons. The number of hydrogen-bond donors (Lipinski definition) is 2. The van der Waals surface area contributed by atoms with Crippen LogP contribution in [-0.2, 0) is 0 Å². The Labute approximate surface area is 137 Å². The highest BCUT2D eigenvalue weighted by atomic mass is 16.1. The number of amides is 1. The first-order valence-electron chi connectivity index (χ1n) is 8.11. The minimum Gasteiger partial charge on any atom is -0.345 e. The van der Waals surface area contributed by atoms with E-state index >= 15 is 0 Å². The van der Waals surface area contributed by atoms with Gasteiger partial charge in [-0.05, 0) is 44.9 Å². The van der Waals surface area contributed by atoms with Crippen LogP contribution in [0.4, 0.5) is 0 Å². The molecule has 23 heavy (non-hydrogen) atoms. The summed E-state index contributed by atoms with van der Waals surface area (Å²) >= 11 is 0. The van der Waals surface area contributed by atoms with Crippen molar-refractivity contribution in [3.8, 4) is 5.82 Å². The average molecular weight is 314 g/mol. The summed E-state index contributed by atoms with van der Waals surface area (Å²) in [4.78, 5) is 17.1. The van der Waals surface area contributed by atoms with Crippen LogP contribution < -0.4 is 11.1 Å². The molecule has 0 saturated heterocycles. The largest absolute Gasteiger partial charge is 0.345 e. The molecule has 0 atom stereocenters. The lowest BCUT2D eigenvalue weighted by molar-refractivity contribution is 0.0894. The van der Waals surface area contributed by atoms with Gasteiger partial charge in [-0.1, -0.05) is 19.9 Å². The lowest BCUT2D eigenvalue weighted by Crippen LogP contribution is -2.52. The van der Waals surface area contributed by atoms with Crippen molar-refractivity contribution in [1.29, 1.82) is 0 Å². The van der Waals surface area contributed by atoms with Gasteiger partial charge in [0.25, 0.3) is 5.91 Å². The van der Waals surface area contributed by atoms with E-state index in [-0.39, 0.29) is 11.4 Å². The molecule has 0 unspecified atom stereocenters. The Balaban J connectivity index is 2.37. The number of nitrogens with zero attached hydrogens (tertiary/aromatic N) is 2. The Kier molecular flexibility index (Phi) is 5.21. The van der Waals surface area contributed by atoms with Crippen LogP contribution in [0.5, 0.6) is 0 Å². The molecule has 2 aromatic heterocycles. The highest BCUT2D eigenvalue weighted by molar-refractivity contribution is 5.96. The molecule has 0 aliphatic carbocycles. The van der Waals surface area contributed by atoms with E-state index in [4.69, 9.17) is 5.73 Å². The molecule has 2 rings (SSSR count). The lowest BCUT2D eigenvalue weighted by atomic mass is 9.92. The minimum absolute atomic E-state index is 0.0746. The van der Waals surface area contributed by atoms with Crippen molar-refractivity contribution in [3.63, 3.8) is 0 Å². The summed E-state index contributed by atoms with van der Waals surface area (Å²) in [7, 11) is 0. The number of nitrogens with two attached hydrogens (primary N) is 1. The number of pyridine rings is 1. The summed E-state index contributed by atoms with van der Waals surface area (Å²) in [6.07, 6.45) is 3.37. The predicted octanol–water partition coefficient (Wildman–Crippen LogP) is 2.74. The van der Waals surface area contributed by atoms with Gasteiger partial charge in [0.1, 0.15) is 5.82 Å². The molecule has 0 fully saturated rings. The molecule has 2 aromatic rings. The Bertz CT molecular complexity index is 664. The van der Waals surface area contributed by atoms with E-state index in [0.29, 0.717) is 12.1 Å². The molecule has 0 aliphatic rings. The molecule has 3 N–H and O–H groups in total. The molecule has 5 nitrogen and oxygen atoms in total. The van der Waals surface area contributed by atoms with Gasteiger partial charge < -0.3 is 15.6 Å². The van der Waals surface area contributed by atoms with Crippen LogP contribution in [0.25, 0.3) is 5.82 Å². The Morgan fingerprint density at radius 1 is 1.30 bits per heavy atom. The van der Waals surface area contributed by atoms with E-state index in [1.807, 2.05) is 56.5 Å². The first kappa shape index (κ1) is 17.2. The van der Waals surface area contributed by atoms with E-state index in [1.54, 1.807) is 6.20 Å². The molecule has 0 saturated carbocycles. The molecule has 0 aliphatic heterocycles. The lowest BCUT2D eigenvalue weighted by Gasteiger charge is -2.31. The van der Waals surface area contributed by atoms with Crippen LogP contribution in [0.1, 0.15) is 48.4 Å². The van der Waals surface area contributed by atoms with E-state index in [1.165, 1.54) is 0 Å². The third-order valence-corrected chi connectivity index (χ3v) is 4.68. The minimum atomic E-state index is -0.343. The maximum absolute atomic E-state index is 12.8. The fourth-order valence-electron chi connectivity index (χ4n) is 2.91. The molecular weight excluding hydrogens is 288 g/mol. The first-order chi connectivity index (χ1) is 11.0. The molecular formula is C18H26N4O. The molecule has 5 heteroatoms. The number of aromatic nitrogens is 2. The number of rotatable bonds is 6. The van der Waals surface area contributed by atoms with Crippen LogP contribution in [0.2, 0.25) is 0 Å². The van der Waals surface area contributed by atoms with Crippen molar-refractivity contribution >= 4 is 5.91 Å². The van der Waals surface area contributed by atoms with Crippen LogP contribution in [0.15, 0.2) is 30.5 Å². The maximum Gasteiger partial charge on any atom is 0.253 e. The summed E-state index contributed by atoms with van der Waals surface area (Å²) in [6, 6.07) is 7.66. The van der Waals surface area contributed by atoms with Crippen molar-refractivity contribution in [2.75, 3.05) is 6.54 Å². The number of carbonyl (C=O) groups is 1.